The third-order valence-corrected chi connectivity index (χ3v) is 6.21. The van der Waals surface area contributed by atoms with Crippen LogP contribution >= 0.6 is 69.6 Å². The molecule has 0 unspecified atom stereocenters. The van der Waals surface area contributed by atoms with Crippen molar-refractivity contribution in [2.24, 2.45) is 0 Å². The van der Waals surface area contributed by atoms with Crippen molar-refractivity contribution < 1.29 is 0 Å². The number of rotatable bonds is 3. The average Bonchev–Trinajstić information content (AvgIpc) is 2.77. The zero-order chi connectivity index (χ0) is 23.8. The van der Waals surface area contributed by atoms with Gasteiger partial charge in [0, 0.05) is 11.1 Å². The number of aromatic nitrogens is 2. The fourth-order valence-electron chi connectivity index (χ4n) is 3.29. The molecular weight excluding hydrogens is 545 g/mol. The number of halogens is 6. The van der Waals surface area contributed by atoms with Gasteiger partial charge in [0.1, 0.15) is 5.82 Å². The van der Waals surface area contributed by atoms with Crippen LogP contribution in [-0.2, 0) is 7.59 Å². The third-order valence-electron chi connectivity index (χ3n) is 4.90. The summed E-state index contributed by atoms with van der Waals surface area (Å²) in [5.41, 5.74) is 2.66. The fourth-order valence-corrected chi connectivity index (χ4v) is 4.02. The molecule has 0 aliphatic carbocycles. The summed E-state index contributed by atoms with van der Waals surface area (Å²) in [6.45, 7) is 0. The molecule has 0 atom stereocenters. The predicted molar refractivity (Wildman–Crippen MR) is 141 cm³/mol. The molecule has 0 N–H and O–H groups in total. The van der Waals surface area contributed by atoms with Crippen molar-refractivity contribution in [3.63, 3.8) is 0 Å². The zero-order valence-corrected chi connectivity index (χ0v) is 21.2. The van der Waals surface area contributed by atoms with Crippen LogP contribution in [0.15, 0.2) is 77.6 Å². The van der Waals surface area contributed by atoms with E-state index in [1.54, 1.807) is 72.8 Å². The van der Waals surface area contributed by atoms with E-state index in [0.29, 0.717) is 33.5 Å². The lowest BCUT2D eigenvalue weighted by Gasteiger charge is -2.15. The van der Waals surface area contributed by atoms with Crippen molar-refractivity contribution in [2.45, 2.75) is 7.59 Å². The van der Waals surface area contributed by atoms with Crippen LogP contribution in [0.2, 0.25) is 0 Å². The maximum atomic E-state index is 13.4. The molecule has 4 aromatic rings. The number of alkyl halides is 6. The Morgan fingerprint density at radius 2 is 1.39 bits per heavy atom. The summed E-state index contributed by atoms with van der Waals surface area (Å²) in [7, 11) is 0. The number of fused-ring (bicyclic) bond motifs is 1. The molecule has 0 saturated carbocycles. The molecule has 0 radical (unpaired) electrons. The second-order valence-corrected chi connectivity index (χ2v) is 11.7. The molecular formula is C24H14Cl6N2O. The van der Waals surface area contributed by atoms with Crippen molar-refractivity contribution in [3.05, 3.63) is 106 Å². The molecule has 3 aromatic carbocycles. The Labute approximate surface area is 220 Å². The minimum Gasteiger partial charge on any atom is -0.268 e. The quantitative estimate of drug-likeness (QED) is 0.237. The minimum absolute atomic E-state index is 0.242. The molecule has 4 rings (SSSR count). The van der Waals surface area contributed by atoms with Crippen LogP contribution in [0.1, 0.15) is 22.5 Å². The SMILES string of the molecule is O=c1c2ccccc2nc(/C=C\c2ccc(C(Cl)(Cl)Cl)cc2)n1-c1cccc(C(Cl)(Cl)Cl)c1. The molecule has 1 aromatic heterocycles. The molecule has 0 aliphatic heterocycles. The summed E-state index contributed by atoms with van der Waals surface area (Å²) in [6, 6.07) is 21.0. The van der Waals surface area contributed by atoms with Gasteiger partial charge in [0.15, 0.2) is 0 Å². The van der Waals surface area contributed by atoms with Crippen molar-refractivity contribution in [1.29, 1.82) is 0 Å². The first-order valence-electron chi connectivity index (χ1n) is 9.59. The van der Waals surface area contributed by atoms with Crippen molar-refractivity contribution >= 4 is 92.7 Å². The third kappa shape index (κ3) is 5.51. The van der Waals surface area contributed by atoms with E-state index in [0.717, 1.165) is 5.56 Å². The molecule has 0 spiro atoms. The Morgan fingerprint density at radius 3 is 2.06 bits per heavy atom. The zero-order valence-electron chi connectivity index (χ0n) is 16.7. The smallest absolute Gasteiger partial charge is 0.266 e. The van der Waals surface area contributed by atoms with E-state index in [-0.39, 0.29) is 5.56 Å². The topological polar surface area (TPSA) is 34.9 Å². The molecule has 9 heteroatoms. The molecule has 3 nitrogen and oxygen atoms in total. The van der Waals surface area contributed by atoms with E-state index in [9.17, 15) is 4.79 Å². The molecule has 0 aliphatic rings. The molecule has 0 bridgehead atoms. The van der Waals surface area contributed by atoms with Crippen LogP contribution in [-0.4, -0.2) is 9.55 Å². The van der Waals surface area contributed by atoms with Gasteiger partial charge in [-0.1, -0.05) is 124 Å². The van der Waals surface area contributed by atoms with Crippen molar-refractivity contribution in [1.82, 2.24) is 9.55 Å². The van der Waals surface area contributed by atoms with Crippen LogP contribution < -0.4 is 5.56 Å². The van der Waals surface area contributed by atoms with Crippen LogP contribution in [0.4, 0.5) is 0 Å². The van der Waals surface area contributed by atoms with Gasteiger partial charge in [-0.2, -0.15) is 0 Å². The van der Waals surface area contributed by atoms with Crippen LogP contribution in [0.25, 0.3) is 28.7 Å². The largest absolute Gasteiger partial charge is 0.268 e. The van der Waals surface area contributed by atoms with Crippen LogP contribution in [0.3, 0.4) is 0 Å². The van der Waals surface area contributed by atoms with Crippen molar-refractivity contribution in [3.8, 4) is 5.69 Å². The molecule has 33 heavy (non-hydrogen) atoms. The summed E-state index contributed by atoms with van der Waals surface area (Å²) in [5, 5.41) is 0.473. The highest BCUT2D eigenvalue weighted by atomic mass is 35.6. The summed E-state index contributed by atoms with van der Waals surface area (Å²) in [6.07, 6.45) is 3.55. The van der Waals surface area contributed by atoms with Gasteiger partial charge in [0.25, 0.3) is 5.56 Å². The number of benzene rings is 3. The second-order valence-electron chi connectivity index (χ2n) is 7.13. The summed E-state index contributed by atoms with van der Waals surface area (Å²) in [5.74, 6) is 0.408. The summed E-state index contributed by atoms with van der Waals surface area (Å²) >= 11 is 36.0. The van der Waals surface area contributed by atoms with Gasteiger partial charge in [-0.25, -0.2) is 4.98 Å². The van der Waals surface area contributed by atoms with Gasteiger partial charge < -0.3 is 0 Å². The lowest BCUT2D eigenvalue weighted by Crippen LogP contribution is -2.22. The van der Waals surface area contributed by atoms with E-state index >= 15 is 0 Å². The molecule has 0 fully saturated rings. The molecule has 0 saturated heterocycles. The molecule has 0 amide bonds. The Morgan fingerprint density at radius 1 is 0.727 bits per heavy atom. The number of hydrogen-bond acceptors (Lipinski definition) is 2. The minimum atomic E-state index is -1.63. The highest BCUT2D eigenvalue weighted by molar-refractivity contribution is 6.67. The van der Waals surface area contributed by atoms with Gasteiger partial charge >= 0.3 is 0 Å². The average molecular weight is 559 g/mol. The number of hydrogen-bond donors (Lipinski definition) is 0. The summed E-state index contributed by atoms with van der Waals surface area (Å²) < 4.78 is -1.66. The maximum Gasteiger partial charge on any atom is 0.266 e. The van der Waals surface area contributed by atoms with Crippen LogP contribution in [0, 0.1) is 0 Å². The number of nitrogens with zero attached hydrogens (tertiary/aromatic N) is 2. The predicted octanol–water partition coefficient (Wildman–Crippen LogP) is 8.21. The van der Waals surface area contributed by atoms with Gasteiger partial charge in [0.2, 0.25) is 7.59 Å². The Bertz CT molecular complexity index is 1400. The normalized spacial score (nSPS) is 12.5. The van der Waals surface area contributed by atoms with E-state index in [1.807, 2.05) is 12.1 Å². The molecule has 1 heterocycles. The van der Waals surface area contributed by atoms with E-state index < -0.39 is 7.59 Å². The lowest BCUT2D eigenvalue weighted by molar-refractivity contribution is 0.940. The standard InChI is InChI=1S/C24H14Cl6N2O/c25-23(26,27)16-11-8-15(9-12-16)10-13-21-31-20-7-2-1-6-19(20)22(33)32(21)18-5-3-4-17(14-18)24(28,29)30/h1-14H/b13-10-. The lowest BCUT2D eigenvalue weighted by atomic mass is 10.1. The van der Waals surface area contributed by atoms with Gasteiger partial charge in [-0.3, -0.25) is 9.36 Å². The van der Waals surface area contributed by atoms with E-state index in [1.165, 1.54) is 4.57 Å². The first kappa shape index (κ1) is 24.4. The Balaban J connectivity index is 1.86. The highest BCUT2D eigenvalue weighted by Crippen LogP contribution is 2.39. The molecule has 168 valence electrons. The van der Waals surface area contributed by atoms with Crippen molar-refractivity contribution in [2.75, 3.05) is 0 Å². The van der Waals surface area contributed by atoms with Gasteiger partial charge in [-0.15, -0.1) is 0 Å². The fraction of sp³-hybridized carbons (Fsp3) is 0.0833. The maximum absolute atomic E-state index is 13.4. The van der Waals surface area contributed by atoms with Crippen LogP contribution in [0.5, 0.6) is 0 Å². The second kappa shape index (κ2) is 9.50. The highest BCUT2D eigenvalue weighted by Gasteiger charge is 2.24. The Hall–Kier alpha value is -1.72. The monoisotopic (exact) mass is 556 g/mol. The van der Waals surface area contributed by atoms with E-state index in [4.69, 9.17) is 69.6 Å². The Kier molecular flexibility index (Phi) is 7.02. The summed E-state index contributed by atoms with van der Waals surface area (Å²) in [4.78, 5) is 18.1. The van der Waals surface area contributed by atoms with Gasteiger partial charge in [0.05, 0.1) is 16.6 Å². The number of para-hydroxylation sites is 1. The first-order chi connectivity index (χ1) is 15.5. The van der Waals surface area contributed by atoms with Gasteiger partial charge in [-0.05, 0) is 35.9 Å². The van der Waals surface area contributed by atoms with E-state index in [2.05, 4.69) is 4.98 Å². The first-order valence-corrected chi connectivity index (χ1v) is 11.9.